The number of carbonyl (C=O) groups is 1. The van der Waals surface area contributed by atoms with Gasteiger partial charge in [0.1, 0.15) is 11.5 Å². The maximum Gasteiger partial charge on any atom is 0.273 e. The minimum Gasteiger partial charge on any atom is -0.341 e. The SMILES string of the molecule is CC(C)n1cccc1C(=O)Nc1cc(Br)ccn1. The fraction of sp³-hybridized carbons (Fsp3) is 0.231. The molecule has 0 radical (unpaired) electrons. The zero-order chi connectivity index (χ0) is 13.1. The van der Waals surface area contributed by atoms with E-state index in [4.69, 9.17) is 0 Å². The molecule has 5 heteroatoms. The van der Waals surface area contributed by atoms with E-state index in [-0.39, 0.29) is 11.9 Å². The predicted octanol–water partition coefficient (Wildman–Crippen LogP) is 3.48. The number of aromatic nitrogens is 2. The molecule has 1 amide bonds. The van der Waals surface area contributed by atoms with Gasteiger partial charge in [0.25, 0.3) is 5.91 Å². The second kappa shape index (κ2) is 5.35. The fourth-order valence-corrected chi connectivity index (χ4v) is 2.03. The third kappa shape index (κ3) is 2.79. The molecule has 0 saturated carbocycles. The monoisotopic (exact) mass is 307 g/mol. The summed E-state index contributed by atoms with van der Waals surface area (Å²) in [5.74, 6) is 0.380. The van der Waals surface area contributed by atoms with E-state index < -0.39 is 0 Å². The van der Waals surface area contributed by atoms with Crippen LogP contribution in [0.3, 0.4) is 0 Å². The molecule has 2 rings (SSSR count). The first kappa shape index (κ1) is 12.8. The van der Waals surface area contributed by atoms with E-state index >= 15 is 0 Å². The van der Waals surface area contributed by atoms with Gasteiger partial charge in [-0.3, -0.25) is 4.79 Å². The number of carbonyl (C=O) groups excluding carboxylic acids is 1. The Labute approximate surface area is 114 Å². The molecule has 0 aliphatic rings. The highest BCUT2D eigenvalue weighted by atomic mass is 79.9. The van der Waals surface area contributed by atoms with Crippen LogP contribution in [0.1, 0.15) is 30.4 Å². The number of anilines is 1. The minimum atomic E-state index is -0.153. The van der Waals surface area contributed by atoms with Crippen LogP contribution in [0.5, 0.6) is 0 Å². The highest BCUT2D eigenvalue weighted by molar-refractivity contribution is 9.10. The van der Waals surface area contributed by atoms with Crippen molar-refractivity contribution in [3.8, 4) is 0 Å². The second-order valence-electron chi connectivity index (χ2n) is 4.21. The highest BCUT2D eigenvalue weighted by Crippen LogP contribution is 2.15. The molecule has 2 aromatic heterocycles. The first-order valence-electron chi connectivity index (χ1n) is 5.67. The van der Waals surface area contributed by atoms with Gasteiger partial charge >= 0.3 is 0 Å². The number of halogens is 1. The van der Waals surface area contributed by atoms with Crippen LogP contribution in [0.25, 0.3) is 0 Å². The number of hydrogen-bond acceptors (Lipinski definition) is 2. The lowest BCUT2D eigenvalue weighted by molar-refractivity contribution is 0.101. The van der Waals surface area contributed by atoms with Crippen molar-refractivity contribution in [3.05, 3.63) is 46.8 Å². The van der Waals surface area contributed by atoms with Gasteiger partial charge in [0.05, 0.1) is 0 Å². The van der Waals surface area contributed by atoms with E-state index in [1.165, 1.54) is 0 Å². The van der Waals surface area contributed by atoms with Crippen molar-refractivity contribution in [1.29, 1.82) is 0 Å². The van der Waals surface area contributed by atoms with E-state index in [2.05, 4.69) is 26.2 Å². The van der Waals surface area contributed by atoms with Crippen LogP contribution < -0.4 is 5.32 Å². The first-order valence-corrected chi connectivity index (χ1v) is 6.47. The lowest BCUT2D eigenvalue weighted by Gasteiger charge is -2.12. The van der Waals surface area contributed by atoms with E-state index in [9.17, 15) is 4.79 Å². The normalized spacial score (nSPS) is 10.7. The van der Waals surface area contributed by atoms with Crippen LogP contribution in [-0.4, -0.2) is 15.5 Å². The van der Waals surface area contributed by atoms with Crippen LogP contribution in [0, 0.1) is 0 Å². The van der Waals surface area contributed by atoms with Crippen LogP contribution in [-0.2, 0) is 0 Å². The average molecular weight is 308 g/mol. The van der Waals surface area contributed by atoms with Crippen LogP contribution in [0.15, 0.2) is 41.1 Å². The summed E-state index contributed by atoms with van der Waals surface area (Å²) >= 11 is 3.34. The van der Waals surface area contributed by atoms with Crippen LogP contribution >= 0.6 is 15.9 Å². The molecule has 0 saturated heterocycles. The molecule has 0 unspecified atom stereocenters. The molecule has 0 atom stereocenters. The summed E-state index contributed by atoms with van der Waals surface area (Å²) in [4.78, 5) is 16.2. The van der Waals surface area contributed by atoms with E-state index in [1.54, 1.807) is 18.3 Å². The Morgan fingerprint density at radius 3 is 2.89 bits per heavy atom. The third-order valence-electron chi connectivity index (χ3n) is 2.53. The number of hydrogen-bond donors (Lipinski definition) is 1. The zero-order valence-electron chi connectivity index (χ0n) is 10.2. The van der Waals surface area contributed by atoms with Crippen molar-refractivity contribution in [2.75, 3.05) is 5.32 Å². The molecule has 0 aromatic carbocycles. The highest BCUT2D eigenvalue weighted by Gasteiger charge is 2.13. The number of amides is 1. The van der Waals surface area contributed by atoms with Crippen LogP contribution in [0.2, 0.25) is 0 Å². The van der Waals surface area contributed by atoms with E-state index in [0.717, 1.165) is 4.47 Å². The Morgan fingerprint density at radius 2 is 2.22 bits per heavy atom. The molecule has 18 heavy (non-hydrogen) atoms. The Hall–Kier alpha value is -1.62. The van der Waals surface area contributed by atoms with Gasteiger partial charge in [-0.05, 0) is 38.1 Å². The molecule has 0 fully saturated rings. The predicted molar refractivity (Wildman–Crippen MR) is 74.7 cm³/mol. The van der Waals surface area contributed by atoms with Gasteiger partial charge in [-0.1, -0.05) is 15.9 Å². The molecule has 1 N–H and O–H groups in total. The maximum atomic E-state index is 12.1. The fourth-order valence-electron chi connectivity index (χ4n) is 1.69. The van der Waals surface area contributed by atoms with Crippen molar-refractivity contribution < 1.29 is 4.79 Å². The largest absolute Gasteiger partial charge is 0.341 e. The Bertz CT molecular complexity index is 563. The second-order valence-corrected chi connectivity index (χ2v) is 5.12. The summed E-state index contributed by atoms with van der Waals surface area (Å²) in [6.07, 6.45) is 3.54. The van der Waals surface area contributed by atoms with E-state index in [1.807, 2.05) is 36.7 Å². The van der Waals surface area contributed by atoms with Gasteiger partial charge < -0.3 is 9.88 Å². The van der Waals surface area contributed by atoms with Gasteiger partial charge in [-0.15, -0.1) is 0 Å². The number of nitrogens with one attached hydrogen (secondary N) is 1. The summed E-state index contributed by atoms with van der Waals surface area (Å²) in [5.41, 5.74) is 0.631. The Balaban J connectivity index is 2.20. The quantitative estimate of drug-likeness (QED) is 0.943. The molecule has 94 valence electrons. The van der Waals surface area contributed by atoms with Gasteiger partial charge in [0.15, 0.2) is 0 Å². The van der Waals surface area contributed by atoms with Crippen molar-refractivity contribution in [3.63, 3.8) is 0 Å². The molecule has 2 heterocycles. The Morgan fingerprint density at radius 1 is 1.44 bits per heavy atom. The van der Waals surface area contributed by atoms with Gasteiger partial charge in [-0.25, -0.2) is 4.98 Å². The molecular weight excluding hydrogens is 294 g/mol. The molecule has 0 aliphatic heterocycles. The van der Waals surface area contributed by atoms with Crippen molar-refractivity contribution in [2.45, 2.75) is 19.9 Å². The summed E-state index contributed by atoms with van der Waals surface area (Å²) in [6, 6.07) is 7.49. The smallest absolute Gasteiger partial charge is 0.273 e. The maximum absolute atomic E-state index is 12.1. The zero-order valence-corrected chi connectivity index (χ0v) is 11.8. The molecule has 2 aromatic rings. The molecular formula is C13H14BrN3O. The van der Waals surface area contributed by atoms with Gasteiger partial charge in [0.2, 0.25) is 0 Å². The molecule has 0 spiro atoms. The summed E-state index contributed by atoms with van der Waals surface area (Å²) in [7, 11) is 0. The van der Waals surface area contributed by atoms with Crippen molar-refractivity contribution in [2.24, 2.45) is 0 Å². The van der Waals surface area contributed by atoms with Gasteiger partial charge in [-0.2, -0.15) is 0 Å². The standard InChI is InChI=1S/C13H14BrN3O/c1-9(2)17-7-3-4-11(17)13(18)16-12-8-10(14)5-6-15-12/h3-9H,1-2H3,(H,15,16,18). The first-order chi connectivity index (χ1) is 8.58. The van der Waals surface area contributed by atoms with Crippen LogP contribution in [0.4, 0.5) is 5.82 Å². The minimum absolute atomic E-state index is 0.153. The average Bonchev–Trinajstić information content (AvgIpc) is 2.77. The van der Waals surface area contributed by atoms with Crippen molar-refractivity contribution >= 4 is 27.7 Å². The van der Waals surface area contributed by atoms with E-state index in [0.29, 0.717) is 11.5 Å². The lowest BCUT2D eigenvalue weighted by Crippen LogP contribution is -2.18. The van der Waals surface area contributed by atoms with Crippen molar-refractivity contribution in [1.82, 2.24) is 9.55 Å². The summed E-state index contributed by atoms with van der Waals surface area (Å²) < 4.78 is 2.81. The summed E-state index contributed by atoms with van der Waals surface area (Å²) in [5, 5.41) is 2.78. The summed E-state index contributed by atoms with van der Waals surface area (Å²) in [6.45, 7) is 4.07. The number of rotatable bonds is 3. The Kier molecular flexibility index (Phi) is 3.81. The lowest BCUT2D eigenvalue weighted by atomic mass is 10.3. The third-order valence-corrected chi connectivity index (χ3v) is 3.02. The molecule has 0 bridgehead atoms. The van der Waals surface area contributed by atoms with Gasteiger partial charge in [0, 0.05) is 22.9 Å². The number of pyridine rings is 1. The number of nitrogens with zero attached hydrogens (tertiary/aromatic N) is 2. The topological polar surface area (TPSA) is 46.9 Å². The molecule has 4 nitrogen and oxygen atoms in total. The molecule has 0 aliphatic carbocycles.